The van der Waals surface area contributed by atoms with Gasteiger partial charge in [0.15, 0.2) is 0 Å². The van der Waals surface area contributed by atoms with Gasteiger partial charge in [-0.15, -0.1) is 0 Å². The molecule has 10 nitrogen and oxygen atoms in total. The van der Waals surface area contributed by atoms with Crippen LogP contribution in [0, 0.1) is 5.92 Å². The Morgan fingerprint density at radius 2 is 1.69 bits per heavy atom. The summed E-state index contributed by atoms with van der Waals surface area (Å²) < 4.78 is 6.34. The van der Waals surface area contributed by atoms with Gasteiger partial charge in [0.25, 0.3) is 11.5 Å². The molecule has 10 heteroatoms. The number of rotatable bonds is 10. The molecular formula is C26H27N5O5. The summed E-state index contributed by atoms with van der Waals surface area (Å²) in [6.07, 6.45) is 3.18. The van der Waals surface area contributed by atoms with Crippen molar-refractivity contribution in [2.75, 3.05) is 25.5 Å². The summed E-state index contributed by atoms with van der Waals surface area (Å²) >= 11 is 0. The highest BCUT2D eigenvalue weighted by atomic mass is 16.5. The van der Waals surface area contributed by atoms with Crippen LogP contribution in [0.3, 0.4) is 0 Å². The van der Waals surface area contributed by atoms with Crippen LogP contribution in [0.1, 0.15) is 23.2 Å². The van der Waals surface area contributed by atoms with Crippen molar-refractivity contribution in [3.05, 3.63) is 76.8 Å². The molecule has 3 amide bonds. The van der Waals surface area contributed by atoms with Crippen molar-refractivity contribution in [3.8, 4) is 17.0 Å². The minimum atomic E-state index is -0.374. The predicted octanol–water partition coefficient (Wildman–Crippen LogP) is 1.81. The molecule has 2 aromatic carbocycles. The second-order valence-electron chi connectivity index (χ2n) is 8.42. The first-order chi connectivity index (χ1) is 17.4. The van der Waals surface area contributed by atoms with E-state index in [4.69, 9.17) is 4.74 Å². The third-order valence-electron chi connectivity index (χ3n) is 5.67. The van der Waals surface area contributed by atoms with Crippen LogP contribution in [0.15, 0.2) is 65.7 Å². The van der Waals surface area contributed by atoms with Gasteiger partial charge >= 0.3 is 0 Å². The van der Waals surface area contributed by atoms with E-state index in [1.165, 1.54) is 17.0 Å². The van der Waals surface area contributed by atoms with Gasteiger partial charge in [-0.2, -0.15) is 0 Å². The number of ether oxygens (including phenoxy) is 1. The molecule has 0 aliphatic heterocycles. The highest BCUT2D eigenvalue weighted by Gasteiger charge is 2.29. The Morgan fingerprint density at radius 3 is 2.33 bits per heavy atom. The molecule has 186 valence electrons. The minimum absolute atomic E-state index is 0.00849. The Morgan fingerprint density at radius 1 is 1.00 bits per heavy atom. The molecule has 36 heavy (non-hydrogen) atoms. The zero-order chi connectivity index (χ0) is 25.5. The van der Waals surface area contributed by atoms with Crippen LogP contribution in [0.4, 0.5) is 5.69 Å². The lowest BCUT2D eigenvalue weighted by Gasteiger charge is -2.10. The highest BCUT2D eigenvalue weighted by Crippen LogP contribution is 2.30. The summed E-state index contributed by atoms with van der Waals surface area (Å²) in [5.41, 5.74) is 2.01. The summed E-state index contributed by atoms with van der Waals surface area (Å²) in [6.45, 7) is 0.233. The normalized spacial score (nSPS) is 12.5. The number of hydrogen-bond donors (Lipinski definition) is 3. The van der Waals surface area contributed by atoms with Crippen LogP contribution in [0.5, 0.6) is 5.75 Å². The van der Waals surface area contributed by atoms with Crippen molar-refractivity contribution in [1.29, 1.82) is 0 Å². The molecule has 0 unspecified atom stereocenters. The molecule has 1 aromatic heterocycles. The molecule has 0 radical (unpaired) electrons. The van der Waals surface area contributed by atoms with E-state index in [0.29, 0.717) is 22.7 Å². The second-order valence-corrected chi connectivity index (χ2v) is 8.42. The van der Waals surface area contributed by atoms with Gasteiger partial charge in [-0.05, 0) is 61.4 Å². The van der Waals surface area contributed by atoms with E-state index in [1.54, 1.807) is 55.6 Å². The van der Waals surface area contributed by atoms with Crippen molar-refractivity contribution in [2.45, 2.75) is 19.4 Å². The Bertz CT molecular complexity index is 1300. The van der Waals surface area contributed by atoms with Gasteiger partial charge < -0.3 is 20.7 Å². The van der Waals surface area contributed by atoms with E-state index in [1.807, 2.05) is 0 Å². The molecule has 1 fully saturated rings. The van der Waals surface area contributed by atoms with Gasteiger partial charge in [0, 0.05) is 41.9 Å². The monoisotopic (exact) mass is 489 g/mol. The maximum absolute atomic E-state index is 12.4. The molecule has 0 atom stereocenters. The molecule has 1 heterocycles. The first-order valence-electron chi connectivity index (χ1n) is 11.6. The van der Waals surface area contributed by atoms with Gasteiger partial charge in [0.2, 0.25) is 11.8 Å². The number of methoxy groups -OCH3 is 1. The van der Waals surface area contributed by atoms with Crippen molar-refractivity contribution in [3.63, 3.8) is 0 Å². The molecule has 4 rings (SSSR count). The largest absolute Gasteiger partial charge is 0.497 e. The van der Waals surface area contributed by atoms with Gasteiger partial charge in [-0.25, -0.2) is 4.98 Å². The average Bonchev–Trinajstić information content (AvgIpc) is 3.74. The Hall–Kier alpha value is -4.47. The zero-order valence-electron chi connectivity index (χ0n) is 19.8. The second kappa shape index (κ2) is 11.3. The molecule has 0 saturated heterocycles. The number of benzene rings is 2. The Kier molecular flexibility index (Phi) is 7.74. The number of carbonyl (C=O) groups is 3. The van der Waals surface area contributed by atoms with Crippen LogP contribution in [-0.4, -0.2) is 47.5 Å². The fourth-order valence-corrected chi connectivity index (χ4v) is 3.45. The number of anilines is 1. The molecule has 3 aromatic rings. The molecule has 1 saturated carbocycles. The Labute approximate surface area is 207 Å². The predicted molar refractivity (Wildman–Crippen MR) is 134 cm³/mol. The van der Waals surface area contributed by atoms with E-state index in [0.717, 1.165) is 18.4 Å². The summed E-state index contributed by atoms with van der Waals surface area (Å²) in [5.74, 6) is 0.151. The van der Waals surface area contributed by atoms with Gasteiger partial charge in [-0.3, -0.25) is 23.7 Å². The molecule has 3 N–H and O–H groups in total. The van der Waals surface area contributed by atoms with Crippen molar-refractivity contribution >= 4 is 23.4 Å². The SMILES string of the molecule is COc1ccc(-c2cc(=O)n(CC(=O)NCCNC(=O)c3ccc(NC(=O)C4CC4)cc3)cn2)cc1. The maximum Gasteiger partial charge on any atom is 0.254 e. The minimum Gasteiger partial charge on any atom is -0.497 e. The number of nitrogens with one attached hydrogen (secondary N) is 3. The van der Waals surface area contributed by atoms with Crippen LogP contribution in [0.2, 0.25) is 0 Å². The molecule has 0 spiro atoms. The van der Waals surface area contributed by atoms with Crippen molar-refractivity contribution < 1.29 is 19.1 Å². The van der Waals surface area contributed by atoms with E-state index < -0.39 is 0 Å². The molecule has 0 bridgehead atoms. The number of aromatic nitrogens is 2. The van der Waals surface area contributed by atoms with Crippen LogP contribution in [-0.2, 0) is 16.1 Å². The first kappa shape index (κ1) is 24.6. The van der Waals surface area contributed by atoms with Gasteiger partial charge in [-0.1, -0.05) is 0 Å². The third kappa shape index (κ3) is 6.56. The average molecular weight is 490 g/mol. The lowest BCUT2D eigenvalue weighted by atomic mass is 10.1. The van der Waals surface area contributed by atoms with E-state index in [-0.39, 0.29) is 48.8 Å². The van der Waals surface area contributed by atoms with Gasteiger partial charge in [0.05, 0.1) is 19.1 Å². The lowest BCUT2D eigenvalue weighted by molar-refractivity contribution is -0.121. The smallest absolute Gasteiger partial charge is 0.254 e. The quantitative estimate of drug-likeness (QED) is 0.372. The number of hydrogen-bond acceptors (Lipinski definition) is 6. The van der Waals surface area contributed by atoms with Crippen LogP contribution in [0.25, 0.3) is 11.3 Å². The van der Waals surface area contributed by atoms with E-state index >= 15 is 0 Å². The fraction of sp³-hybridized carbons (Fsp3) is 0.269. The first-order valence-corrected chi connectivity index (χ1v) is 11.6. The van der Waals surface area contributed by atoms with E-state index in [2.05, 4.69) is 20.9 Å². The standard InChI is InChI=1S/C26H27N5O5/c1-36-21-10-6-17(7-11-21)22-14-24(33)31(16-29-22)15-23(32)27-12-13-28-25(34)18-4-8-20(9-5-18)30-26(35)19-2-3-19/h4-11,14,16,19H,2-3,12-13,15H2,1H3,(H,27,32)(H,28,34)(H,30,35). The summed E-state index contributed by atoms with van der Waals surface area (Å²) in [7, 11) is 1.57. The summed E-state index contributed by atoms with van der Waals surface area (Å²) in [4.78, 5) is 53.0. The van der Waals surface area contributed by atoms with E-state index in [9.17, 15) is 19.2 Å². The topological polar surface area (TPSA) is 131 Å². The van der Waals surface area contributed by atoms with Crippen molar-refractivity contribution in [1.82, 2.24) is 20.2 Å². The van der Waals surface area contributed by atoms with Crippen molar-refractivity contribution in [2.24, 2.45) is 5.92 Å². The van der Waals surface area contributed by atoms with Crippen LogP contribution < -0.4 is 26.2 Å². The zero-order valence-corrected chi connectivity index (χ0v) is 19.8. The fourth-order valence-electron chi connectivity index (χ4n) is 3.45. The molecular weight excluding hydrogens is 462 g/mol. The highest BCUT2D eigenvalue weighted by molar-refractivity contribution is 5.96. The molecule has 1 aliphatic carbocycles. The number of carbonyl (C=O) groups excluding carboxylic acids is 3. The Balaban J connectivity index is 1.20. The maximum atomic E-state index is 12.4. The van der Waals surface area contributed by atoms with Gasteiger partial charge in [0.1, 0.15) is 12.3 Å². The number of amides is 3. The summed E-state index contributed by atoms with van der Waals surface area (Å²) in [5, 5.41) is 8.21. The summed E-state index contributed by atoms with van der Waals surface area (Å²) in [6, 6.07) is 15.2. The van der Waals surface area contributed by atoms with Crippen LogP contribution >= 0.6 is 0 Å². The molecule has 1 aliphatic rings. The lowest BCUT2D eigenvalue weighted by Crippen LogP contribution is -2.37. The third-order valence-corrected chi connectivity index (χ3v) is 5.67. The number of nitrogens with zero attached hydrogens (tertiary/aromatic N) is 2.